The average molecular weight is 474 g/mol. The van der Waals surface area contributed by atoms with Crippen LogP contribution in [0.5, 0.6) is 0 Å². The predicted molar refractivity (Wildman–Crippen MR) is 133 cm³/mol. The highest BCUT2D eigenvalue weighted by molar-refractivity contribution is 5.95. The van der Waals surface area contributed by atoms with Crippen LogP contribution in [0.25, 0.3) is 11.1 Å². The van der Waals surface area contributed by atoms with Gasteiger partial charge >= 0.3 is 0 Å². The van der Waals surface area contributed by atoms with Gasteiger partial charge in [0.1, 0.15) is 5.82 Å². The van der Waals surface area contributed by atoms with Crippen molar-refractivity contribution in [2.75, 3.05) is 32.6 Å². The smallest absolute Gasteiger partial charge is 0.257 e. The average Bonchev–Trinajstić information content (AvgIpc) is 3.33. The first-order chi connectivity index (χ1) is 16.9. The Hall–Kier alpha value is -3.71. The molecular formula is C28H28FN3O3. The van der Waals surface area contributed by atoms with E-state index in [1.54, 1.807) is 36.0 Å². The Balaban J connectivity index is 1.53. The molecule has 3 aromatic carbocycles. The highest BCUT2D eigenvalue weighted by Gasteiger charge is 2.46. The molecule has 2 heterocycles. The number of nitrogens with one attached hydrogen (secondary N) is 1. The third-order valence-electron chi connectivity index (χ3n) is 7.11. The molecule has 35 heavy (non-hydrogen) atoms. The lowest BCUT2D eigenvalue weighted by molar-refractivity contribution is 0.0696. The molecule has 3 atom stereocenters. The van der Waals surface area contributed by atoms with Crippen LogP contribution >= 0.6 is 0 Å². The summed E-state index contributed by atoms with van der Waals surface area (Å²) in [7, 11) is 3.44. The van der Waals surface area contributed by atoms with Crippen LogP contribution < -0.4 is 5.32 Å². The van der Waals surface area contributed by atoms with Crippen LogP contribution in [-0.2, 0) is 0 Å². The Morgan fingerprint density at radius 2 is 1.77 bits per heavy atom. The SMILES string of the molecule is CN(C)C(=O)c1ccc(-c2ccc3c(c2)[C@@H]2[C@@H](CCN2C(=O)c2ccccc2F)[C@H](CO)N3)cc1. The first kappa shape index (κ1) is 23.1. The molecule has 0 saturated carbocycles. The van der Waals surface area contributed by atoms with E-state index < -0.39 is 5.82 Å². The number of aliphatic hydroxyl groups is 1. The summed E-state index contributed by atoms with van der Waals surface area (Å²) >= 11 is 0. The fourth-order valence-electron chi connectivity index (χ4n) is 5.32. The van der Waals surface area contributed by atoms with Crippen molar-refractivity contribution < 1.29 is 19.1 Å². The van der Waals surface area contributed by atoms with Gasteiger partial charge in [-0.15, -0.1) is 0 Å². The van der Waals surface area contributed by atoms with Crippen LogP contribution in [0.2, 0.25) is 0 Å². The Labute approximate surface area is 204 Å². The van der Waals surface area contributed by atoms with E-state index in [4.69, 9.17) is 0 Å². The molecule has 0 unspecified atom stereocenters. The number of carbonyl (C=O) groups excluding carboxylic acids is 2. The van der Waals surface area contributed by atoms with E-state index in [1.807, 2.05) is 36.4 Å². The van der Waals surface area contributed by atoms with Gasteiger partial charge in [-0.25, -0.2) is 4.39 Å². The first-order valence-corrected chi connectivity index (χ1v) is 11.8. The third kappa shape index (κ3) is 4.06. The zero-order valence-electron chi connectivity index (χ0n) is 19.7. The summed E-state index contributed by atoms with van der Waals surface area (Å²) in [4.78, 5) is 28.9. The van der Waals surface area contributed by atoms with E-state index in [2.05, 4.69) is 11.4 Å². The minimum atomic E-state index is -0.532. The lowest BCUT2D eigenvalue weighted by atomic mass is 9.82. The molecule has 5 rings (SSSR count). The van der Waals surface area contributed by atoms with Crippen molar-refractivity contribution in [2.45, 2.75) is 18.5 Å². The molecule has 1 fully saturated rings. The van der Waals surface area contributed by atoms with Crippen LogP contribution in [0.4, 0.5) is 10.1 Å². The number of nitrogens with zero attached hydrogens (tertiary/aromatic N) is 2. The number of benzene rings is 3. The van der Waals surface area contributed by atoms with Crippen LogP contribution in [-0.4, -0.2) is 60.0 Å². The third-order valence-corrected chi connectivity index (χ3v) is 7.11. The number of amides is 2. The molecular weight excluding hydrogens is 445 g/mol. The largest absolute Gasteiger partial charge is 0.394 e. The highest BCUT2D eigenvalue weighted by Crippen LogP contribution is 2.47. The van der Waals surface area contributed by atoms with Crippen molar-refractivity contribution in [2.24, 2.45) is 5.92 Å². The number of aliphatic hydroxyl groups excluding tert-OH is 1. The van der Waals surface area contributed by atoms with Crippen molar-refractivity contribution in [3.8, 4) is 11.1 Å². The van der Waals surface area contributed by atoms with Gasteiger partial charge in [0.15, 0.2) is 0 Å². The summed E-state index contributed by atoms with van der Waals surface area (Å²) in [5, 5.41) is 13.5. The zero-order chi connectivity index (χ0) is 24.7. The number of hydrogen-bond donors (Lipinski definition) is 2. The van der Waals surface area contributed by atoms with E-state index in [0.29, 0.717) is 18.5 Å². The van der Waals surface area contributed by atoms with Gasteiger partial charge in [-0.2, -0.15) is 0 Å². The summed E-state index contributed by atoms with van der Waals surface area (Å²) in [6.07, 6.45) is 0.716. The zero-order valence-corrected chi connectivity index (χ0v) is 19.7. The lowest BCUT2D eigenvalue weighted by Gasteiger charge is -2.39. The molecule has 2 aliphatic rings. The summed E-state index contributed by atoms with van der Waals surface area (Å²) in [6, 6.07) is 19.1. The maximum absolute atomic E-state index is 14.5. The minimum Gasteiger partial charge on any atom is -0.394 e. The van der Waals surface area contributed by atoms with Crippen LogP contribution in [0.1, 0.15) is 38.7 Å². The summed E-state index contributed by atoms with van der Waals surface area (Å²) in [5.41, 5.74) is 4.40. The molecule has 2 amide bonds. The van der Waals surface area contributed by atoms with E-state index in [1.165, 1.54) is 12.1 Å². The lowest BCUT2D eigenvalue weighted by Crippen LogP contribution is -2.43. The van der Waals surface area contributed by atoms with Gasteiger partial charge in [-0.3, -0.25) is 9.59 Å². The fraction of sp³-hybridized carbons (Fsp3) is 0.286. The molecule has 0 aliphatic carbocycles. The van der Waals surface area contributed by atoms with E-state index in [-0.39, 0.29) is 42.0 Å². The van der Waals surface area contributed by atoms with Crippen molar-refractivity contribution in [3.05, 3.63) is 89.2 Å². The number of hydrogen-bond acceptors (Lipinski definition) is 4. The Morgan fingerprint density at radius 1 is 1.06 bits per heavy atom. The van der Waals surface area contributed by atoms with Gasteiger partial charge in [0.2, 0.25) is 0 Å². The van der Waals surface area contributed by atoms with Gasteiger partial charge in [0.05, 0.1) is 24.3 Å². The molecule has 0 bridgehead atoms. The first-order valence-electron chi connectivity index (χ1n) is 11.8. The second kappa shape index (κ2) is 9.15. The number of halogens is 1. The van der Waals surface area contributed by atoms with E-state index >= 15 is 0 Å². The molecule has 2 N–H and O–H groups in total. The predicted octanol–water partition coefficient (Wildman–Crippen LogP) is 4.18. The Morgan fingerprint density at radius 3 is 2.46 bits per heavy atom. The minimum absolute atomic E-state index is 0.0126. The van der Waals surface area contributed by atoms with E-state index in [0.717, 1.165) is 22.4 Å². The number of fused-ring (bicyclic) bond motifs is 3. The molecule has 0 aromatic heterocycles. The molecule has 3 aromatic rings. The van der Waals surface area contributed by atoms with Gasteiger partial charge in [-0.05, 0) is 59.5 Å². The molecule has 0 spiro atoms. The van der Waals surface area contributed by atoms with Gasteiger partial charge in [0, 0.05) is 37.8 Å². The molecule has 180 valence electrons. The second-order valence-electron chi connectivity index (χ2n) is 9.39. The van der Waals surface area contributed by atoms with Crippen LogP contribution in [0.15, 0.2) is 66.7 Å². The molecule has 2 aliphatic heterocycles. The molecule has 7 heteroatoms. The molecule has 6 nitrogen and oxygen atoms in total. The quantitative estimate of drug-likeness (QED) is 0.596. The summed E-state index contributed by atoms with van der Waals surface area (Å²) < 4.78 is 14.5. The number of rotatable bonds is 4. The fourth-order valence-corrected chi connectivity index (χ4v) is 5.32. The number of anilines is 1. The van der Waals surface area contributed by atoms with Crippen molar-refractivity contribution >= 4 is 17.5 Å². The maximum atomic E-state index is 14.5. The van der Waals surface area contributed by atoms with Gasteiger partial charge in [0.25, 0.3) is 11.8 Å². The summed E-state index contributed by atoms with van der Waals surface area (Å²) in [6.45, 7) is 0.442. The van der Waals surface area contributed by atoms with Gasteiger partial charge < -0.3 is 20.2 Å². The maximum Gasteiger partial charge on any atom is 0.257 e. The standard InChI is InChI=1S/C28H28FN3O3/c1-31(2)27(34)18-9-7-17(8-10-18)19-11-12-24-22(15-19)26-21(25(16-33)30-24)13-14-32(26)28(35)20-5-3-4-6-23(20)29/h3-12,15,21,25-26,30,33H,13-14,16H2,1-2H3/t21-,25-,26-/m0/s1. The topological polar surface area (TPSA) is 72.9 Å². The second-order valence-corrected chi connectivity index (χ2v) is 9.39. The number of likely N-dealkylation sites (tertiary alicyclic amines) is 1. The van der Waals surface area contributed by atoms with Crippen LogP contribution in [0.3, 0.4) is 0 Å². The number of carbonyl (C=O) groups is 2. The normalized spacial score (nSPS) is 20.6. The van der Waals surface area contributed by atoms with Gasteiger partial charge in [-0.1, -0.05) is 30.3 Å². The van der Waals surface area contributed by atoms with Crippen molar-refractivity contribution in [3.63, 3.8) is 0 Å². The Bertz CT molecular complexity index is 1270. The molecule has 0 radical (unpaired) electrons. The molecule has 1 saturated heterocycles. The van der Waals surface area contributed by atoms with Crippen molar-refractivity contribution in [1.82, 2.24) is 9.80 Å². The summed E-state index contributed by atoms with van der Waals surface area (Å²) in [5.74, 6) is -0.914. The van der Waals surface area contributed by atoms with E-state index in [9.17, 15) is 19.1 Å². The highest BCUT2D eigenvalue weighted by atomic mass is 19.1. The van der Waals surface area contributed by atoms with Crippen molar-refractivity contribution in [1.29, 1.82) is 0 Å². The Kier molecular flexibility index (Phi) is 6.03. The monoisotopic (exact) mass is 473 g/mol. The van der Waals surface area contributed by atoms with Crippen LogP contribution in [0, 0.1) is 11.7 Å².